The number of rotatable bonds is 6. The highest BCUT2D eigenvalue weighted by molar-refractivity contribution is 7.90. The second-order valence-corrected chi connectivity index (χ2v) is 6.54. The van der Waals surface area contributed by atoms with Crippen molar-refractivity contribution in [3.05, 3.63) is 21.1 Å². The van der Waals surface area contributed by atoms with Crippen molar-refractivity contribution in [1.82, 2.24) is 9.97 Å². The summed E-state index contributed by atoms with van der Waals surface area (Å²) in [5.41, 5.74) is -0.112. The number of anilines is 1. The van der Waals surface area contributed by atoms with Gasteiger partial charge in [-0.15, -0.1) is 0 Å². The van der Waals surface area contributed by atoms with Crippen molar-refractivity contribution in [2.24, 2.45) is 0 Å². The standard InChI is InChI=1S/C9H13ClN4O4S/c1-6-7(14(15)16)8(13-9(10)12-6)11-4-3-5-19(2,17)18/h3-5H2,1-2H3,(H,11,12,13). The van der Waals surface area contributed by atoms with E-state index in [2.05, 4.69) is 15.3 Å². The zero-order chi connectivity index (χ0) is 14.6. The summed E-state index contributed by atoms with van der Waals surface area (Å²) < 4.78 is 21.9. The lowest BCUT2D eigenvalue weighted by atomic mass is 10.3. The quantitative estimate of drug-likeness (QED) is 0.363. The number of nitrogens with one attached hydrogen (secondary N) is 1. The summed E-state index contributed by atoms with van der Waals surface area (Å²) >= 11 is 5.63. The van der Waals surface area contributed by atoms with Crippen molar-refractivity contribution in [2.75, 3.05) is 23.9 Å². The van der Waals surface area contributed by atoms with Gasteiger partial charge in [0.1, 0.15) is 15.5 Å². The normalized spacial score (nSPS) is 11.3. The molecule has 10 heteroatoms. The Morgan fingerprint density at radius 2 is 2.05 bits per heavy atom. The Kier molecular flexibility index (Phi) is 5.01. The molecule has 0 aliphatic carbocycles. The fourth-order valence-corrected chi connectivity index (χ4v) is 2.30. The molecule has 0 spiro atoms. The Morgan fingerprint density at radius 3 is 2.58 bits per heavy atom. The lowest BCUT2D eigenvalue weighted by Gasteiger charge is -2.07. The van der Waals surface area contributed by atoms with E-state index in [-0.39, 0.29) is 34.8 Å². The number of hydrogen-bond acceptors (Lipinski definition) is 7. The number of sulfone groups is 1. The molecule has 19 heavy (non-hydrogen) atoms. The van der Waals surface area contributed by atoms with Gasteiger partial charge in [-0.1, -0.05) is 0 Å². The summed E-state index contributed by atoms with van der Waals surface area (Å²) in [5, 5.41) is 13.5. The van der Waals surface area contributed by atoms with Crippen LogP contribution in [0.1, 0.15) is 12.1 Å². The number of aryl methyl sites for hydroxylation is 1. The van der Waals surface area contributed by atoms with Gasteiger partial charge in [-0.2, -0.15) is 4.98 Å². The van der Waals surface area contributed by atoms with E-state index in [1.807, 2.05) is 0 Å². The van der Waals surface area contributed by atoms with Crippen LogP contribution in [0.15, 0.2) is 0 Å². The highest BCUT2D eigenvalue weighted by atomic mass is 35.5. The molecule has 106 valence electrons. The zero-order valence-corrected chi connectivity index (χ0v) is 12.0. The van der Waals surface area contributed by atoms with Crippen LogP contribution in [-0.2, 0) is 9.84 Å². The third kappa shape index (κ3) is 4.95. The Labute approximate surface area is 115 Å². The first kappa shape index (κ1) is 15.6. The summed E-state index contributed by atoms with van der Waals surface area (Å²) in [6, 6.07) is 0. The molecule has 0 aliphatic rings. The van der Waals surface area contributed by atoms with Crippen molar-refractivity contribution in [1.29, 1.82) is 0 Å². The van der Waals surface area contributed by atoms with Crippen molar-refractivity contribution in [2.45, 2.75) is 13.3 Å². The first-order valence-corrected chi connectivity index (χ1v) is 7.74. The monoisotopic (exact) mass is 308 g/mol. The predicted octanol–water partition coefficient (Wildman–Crippen LogP) is 1.19. The van der Waals surface area contributed by atoms with E-state index in [4.69, 9.17) is 11.6 Å². The van der Waals surface area contributed by atoms with Gasteiger partial charge >= 0.3 is 5.69 Å². The van der Waals surface area contributed by atoms with Gasteiger partial charge in [0.2, 0.25) is 11.1 Å². The fraction of sp³-hybridized carbons (Fsp3) is 0.556. The second-order valence-electron chi connectivity index (χ2n) is 3.94. The summed E-state index contributed by atoms with van der Waals surface area (Å²) in [6.45, 7) is 1.69. The van der Waals surface area contributed by atoms with E-state index in [0.29, 0.717) is 6.42 Å². The van der Waals surface area contributed by atoms with Crippen molar-refractivity contribution < 1.29 is 13.3 Å². The Balaban J connectivity index is 2.80. The number of hydrogen-bond donors (Lipinski definition) is 1. The van der Waals surface area contributed by atoms with E-state index in [1.54, 1.807) is 0 Å². The van der Waals surface area contributed by atoms with Crippen LogP contribution >= 0.6 is 11.6 Å². The Hall–Kier alpha value is -1.48. The molecule has 1 aromatic rings. The maximum absolute atomic E-state index is 10.9. The minimum absolute atomic E-state index is 0.00370. The maximum Gasteiger partial charge on any atom is 0.332 e. The van der Waals surface area contributed by atoms with Crippen molar-refractivity contribution in [3.8, 4) is 0 Å². The van der Waals surface area contributed by atoms with Crippen molar-refractivity contribution >= 4 is 32.9 Å². The molecule has 8 nitrogen and oxygen atoms in total. The molecule has 1 N–H and O–H groups in total. The van der Waals surface area contributed by atoms with Crippen LogP contribution in [0.2, 0.25) is 5.28 Å². The molecule has 1 heterocycles. The average molecular weight is 309 g/mol. The zero-order valence-electron chi connectivity index (χ0n) is 10.4. The number of halogens is 1. The van der Waals surface area contributed by atoms with Gasteiger partial charge in [0.15, 0.2) is 0 Å². The molecule has 0 amide bonds. The number of nitrogens with zero attached hydrogens (tertiary/aromatic N) is 3. The molecular weight excluding hydrogens is 296 g/mol. The molecule has 0 fully saturated rings. The van der Waals surface area contributed by atoms with Crippen LogP contribution < -0.4 is 5.32 Å². The smallest absolute Gasteiger partial charge is 0.332 e. The van der Waals surface area contributed by atoms with Gasteiger partial charge in [0.25, 0.3) is 0 Å². The topological polar surface area (TPSA) is 115 Å². The van der Waals surface area contributed by atoms with Crippen LogP contribution in [0.4, 0.5) is 11.5 Å². The van der Waals surface area contributed by atoms with Gasteiger partial charge in [0, 0.05) is 12.8 Å². The number of aromatic nitrogens is 2. The largest absolute Gasteiger partial charge is 0.364 e. The third-order valence-electron chi connectivity index (χ3n) is 2.20. The summed E-state index contributed by atoms with van der Waals surface area (Å²) in [4.78, 5) is 17.7. The molecule has 1 aromatic heterocycles. The van der Waals surface area contributed by atoms with E-state index in [9.17, 15) is 18.5 Å². The van der Waals surface area contributed by atoms with Crippen LogP contribution in [0.5, 0.6) is 0 Å². The molecule has 0 unspecified atom stereocenters. The third-order valence-corrected chi connectivity index (χ3v) is 3.40. The van der Waals surface area contributed by atoms with E-state index >= 15 is 0 Å². The minimum Gasteiger partial charge on any atom is -0.364 e. The van der Waals surface area contributed by atoms with E-state index < -0.39 is 14.8 Å². The van der Waals surface area contributed by atoms with Gasteiger partial charge < -0.3 is 5.32 Å². The molecule has 0 radical (unpaired) electrons. The molecule has 1 rings (SSSR count). The molecule has 0 saturated heterocycles. The van der Waals surface area contributed by atoms with Gasteiger partial charge in [-0.3, -0.25) is 10.1 Å². The van der Waals surface area contributed by atoms with Gasteiger partial charge in [0.05, 0.1) is 10.7 Å². The second kappa shape index (κ2) is 6.11. The SMILES string of the molecule is Cc1nc(Cl)nc(NCCCS(C)(=O)=O)c1[N+](=O)[O-]. The first-order valence-electron chi connectivity index (χ1n) is 5.31. The minimum atomic E-state index is -3.05. The molecular formula is C9H13ClN4O4S. The molecule has 0 aliphatic heterocycles. The molecule has 0 saturated carbocycles. The lowest BCUT2D eigenvalue weighted by Crippen LogP contribution is -2.12. The predicted molar refractivity (Wildman–Crippen MR) is 71.3 cm³/mol. The Morgan fingerprint density at radius 1 is 1.42 bits per heavy atom. The van der Waals surface area contributed by atoms with Gasteiger partial charge in [-0.05, 0) is 24.9 Å². The van der Waals surface area contributed by atoms with Crippen LogP contribution in [0, 0.1) is 17.0 Å². The molecule has 0 bridgehead atoms. The number of nitro groups is 1. The summed E-state index contributed by atoms with van der Waals surface area (Å²) in [5.74, 6) is -0.0120. The van der Waals surface area contributed by atoms with Gasteiger partial charge in [-0.25, -0.2) is 13.4 Å². The molecule has 0 atom stereocenters. The van der Waals surface area contributed by atoms with Crippen molar-refractivity contribution in [3.63, 3.8) is 0 Å². The maximum atomic E-state index is 10.9. The van der Waals surface area contributed by atoms with E-state index in [1.165, 1.54) is 6.92 Å². The highest BCUT2D eigenvalue weighted by Gasteiger charge is 2.21. The summed E-state index contributed by atoms with van der Waals surface area (Å²) in [7, 11) is -3.05. The van der Waals surface area contributed by atoms with Crippen LogP contribution in [0.3, 0.4) is 0 Å². The lowest BCUT2D eigenvalue weighted by molar-refractivity contribution is -0.385. The fourth-order valence-electron chi connectivity index (χ4n) is 1.42. The first-order chi connectivity index (χ1) is 8.70. The molecule has 0 aromatic carbocycles. The highest BCUT2D eigenvalue weighted by Crippen LogP contribution is 2.26. The van der Waals surface area contributed by atoms with Crippen LogP contribution in [-0.4, -0.2) is 41.9 Å². The van der Waals surface area contributed by atoms with E-state index in [0.717, 1.165) is 6.26 Å². The van der Waals surface area contributed by atoms with Crippen LogP contribution in [0.25, 0.3) is 0 Å². The Bertz CT molecular complexity index is 590. The average Bonchev–Trinajstić information content (AvgIpc) is 2.21. The summed E-state index contributed by atoms with van der Waals surface area (Å²) in [6.07, 6.45) is 1.44.